The van der Waals surface area contributed by atoms with Gasteiger partial charge < -0.3 is 9.64 Å². The summed E-state index contributed by atoms with van der Waals surface area (Å²) in [5.74, 6) is 0.283. The summed E-state index contributed by atoms with van der Waals surface area (Å²) in [7, 11) is 0. The molecule has 1 saturated carbocycles. The maximum absolute atomic E-state index is 10.9. The van der Waals surface area contributed by atoms with E-state index in [1.54, 1.807) is 12.1 Å². The van der Waals surface area contributed by atoms with Crippen LogP contribution in [0, 0.1) is 10.1 Å². The molecule has 0 spiro atoms. The predicted octanol–water partition coefficient (Wildman–Crippen LogP) is 3.09. The number of benzene rings is 1. The van der Waals surface area contributed by atoms with Crippen LogP contribution in [0.2, 0.25) is 0 Å². The van der Waals surface area contributed by atoms with E-state index >= 15 is 0 Å². The SMILES string of the molecule is O=[N+]([O-])c1ccc(N2CCOC3CCCC32)c(CCl)c1. The van der Waals surface area contributed by atoms with Crippen molar-refractivity contribution in [2.75, 3.05) is 18.1 Å². The number of hydrogen-bond acceptors (Lipinski definition) is 4. The van der Waals surface area contributed by atoms with Crippen LogP contribution in [0.25, 0.3) is 0 Å². The Hall–Kier alpha value is -1.33. The van der Waals surface area contributed by atoms with Crippen molar-refractivity contribution in [2.24, 2.45) is 0 Å². The van der Waals surface area contributed by atoms with Crippen LogP contribution in [0.5, 0.6) is 0 Å². The zero-order chi connectivity index (χ0) is 14.1. The minimum absolute atomic E-state index is 0.0978. The lowest BCUT2D eigenvalue weighted by atomic mass is 10.1. The number of ether oxygens (including phenoxy) is 1. The fourth-order valence-electron chi connectivity index (χ4n) is 3.30. The highest BCUT2D eigenvalue weighted by molar-refractivity contribution is 6.17. The average Bonchev–Trinajstić information content (AvgIpc) is 2.94. The number of morpholine rings is 1. The van der Waals surface area contributed by atoms with Crippen molar-refractivity contribution in [3.05, 3.63) is 33.9 Å². The lowest BCUT2D eigenvalue weighted by Crippen LogP contribution is -2.49. The number of rotatable bonds is 3. The molecule has 1 aromatic carbocycles. The molecule has 1 saturated heterocycles. The number of halogens is 1. The number of hydrogen-bond donors (Lipinski definition) is 0. The van der Waals surface area contributed by atoms with Crippen LogP contribution in [0.4, 0.5) is 11.4 Å². The van der Waals surface area contributed by atoms with Crippen molar-refractivity contribution in [1.82, 2.24) is 0 Å². The Bertz CT molecular complexity index is 523. The van der Waals surface area contributed by atoms with Crippen molar-refractivity contribution in [1.29, 1.82) is 0 Å². The molecule has 2 unspecified atom stereocenters. The second-order valence-corrected chi connectivity index (χ2v) is 5.57. The minimum Gasteiger partial charge on any atom is -0.374 e. The highest BCUT2D eigenvalue weighted by Crippen LogP contribution is 2.36. The Labute approximate surface area is 122 Å². The first-order chi connectivity index (χ1) is 9.70. The fraction of sp³-hybridized carbons (Fsp3) is 0.571. The van der Waals surface area contributed by atoms with Crippen LogP contribution in [0.15, 0.2) is 18.2 Å². The first-order valence-electron chi connectivity index (χ1n) is 6.92. The Morgan fingerprint density at radius 1 is 1.45 bits per heavy atom. The Kier molecular flexibility index (Phi) is 3.81. The normalized spacial score (nSPS) is 25.6. The lowest BCUT2D eigenvalue weighted by molar-refractivity contribution is -0.384. The first kappa shape index (κ1) is 13.6. The van der Waals surface area contributed by atoms with E-state index in [2.05, 4.69) is 4.90 Å². The number of nitrogens with zero attached hydrogens (tertiary/aromatic N) is 2. The Balaban J connectivity index is 1.94. The highest BCUT2D eigenvalue weighted by Gasteiger charge is 2.36. The molecule has 0 bridgehead atoms. The summed E-state index contributed by atoms with van der Waals surface area (Å²) < 4.78 is 5.81. The average molecular weight is 297 g/mol. The number of anilines is 1. The molecule has 1 aliphatic carbocycles. The largest absolute Gasteiger partial charge is 0.374 e. The van der Waals surface area contributed by atoms with Crippen LogP contribution in [-0.2, 0) is 10.6 Å². The third-order valence-electron chi connectivity index (χ3n) is 4.21. The maximum atomic E-state index is 10.9. The molecule has 2 atom stereocenters. The van der Waals surface area contributed by atoms with Crippen LogP contribution in [0.1, 0.15) is 24.8 Å². The van der Waals surface area contributed by atoms with Crippen LogP contribution >= 0.6 is 11.6 Å². The highest BCUT2D eigenvalue weighted by atomic mass is 35.5. The van der Waals surface area contributed by atoms with E-state index < -0.39 is 0 Å². The lowest BCUT2D eigenvalue weighted by Gasteiger charge is -2.40. The number of nitro groups is 1. The van der Waals surface area contributed by atoms with Gasteiger partial charge in [0.1, 0.15) is 0 Å². The zero-order valence-corrected chi connectivity index (χ0v) is 11.9. The molecule has 108 valence electrons. The van der Waals surface area contributed by atoms with Crippen molar-refractivity contribution in [2.45, 2.75) is 37.3 Å². The van der Waals surface area contributed by atoms with Gasteiger partial charge in [0.15, 0.2) is 0 Å². The summed E-state index contributed by atoms with van der Waals surface area (Å²) in [6.07, 6.45) is 3.69. The van der Waals surface area contributed by atoms with Crippen molar-refractivity contribution in [3.8, 4) is 0 Å². The van der Waals surface area contributed by atoms with Gasteiger partial charge in [0, 0.05) is 30.2 Å². The number of nitro benzene ring substituents is 1. The van der Waals surface area contributed by atoms with Gasteiger partial charge in [0.05, 0.1) is 23.7 Å². The molecule has 5 nitrogen and oxygen atoms in total. The van der Waals surface area contributed by atoms with E-state index in [1.165, 1.54) is 6.42 Å². The molecular formula is C14H17ClN2O3. The minimum atomic E-state index is -0.377. The molecule has 6 heteroatoms. The molecule has 2 fully saturated rings. The summed E-state index contributed by atoms with van der Waals surface area (Å²) in [5.41, 5.74) is 1.94. The quantitative estimate of drug-likeness (QED) is 0.488. The molecule has 3 rings (SSSR count). The van der Waals surface area contributed by atoms with Gasteiger partial charge in [0.2, 0.25) is 0 Å². The molecule has 1 aromatic rings. The van der Waals surface area contributed by atoms with Gasteiger partial charge in [-0.2, -0.15) is 0 Å². The van der Waals surface area contributed by atoms with E-state index in [9.17, 15) is 10.1 Å². The van der Waals surface area contributed by atoms with E-state index in [0.29, 0.717) is 18.8 Å². The van der Waals surface area contributed by atoms with Gasteiger partial charge in [-0.3, -0.25) is 10.1 Å². The van der Waals surface area contributed by atoms with Crippen molar-refractivity contribution >= 4 is 23.0 Å². The molecule has 0 N–H and O–H groups in total. The molecular weight excluding hydrogens is 280 g/mol. The van der Waals surface area contributed by atoms with E-state index in [4.69, 9.17) is 16.3 Å². The maximum Gasteiger partial charge on any atom is 0.269 e. The van der Waals surface area contributed by atoms with E-state index in [0.717, 1.165) is 30.6 Å². The standard InChI is InChI=1S/C14H17ClN2O3/c15-9-10-8-11(17(18)19)4-5-12(10)16-6-7-20-14-3-1-2-13(14)16/h4-5,8,13-14H,1-3,6-7,9H2. The number of non-ortho nitro benzene ring substituents is 1. The van der Waals surface area contributed by atoms with Gasteiger partial charge in [-0.05, 0) is 30.9 Å². The summed E-state index contributed by atoms with van der Waals surface area (Å²) in [4.78, 5) is 12.8. The summed E-state index contributed by atoms with van der Waals surface area (Å²) >= 11 is 5.99. The molecule has 20 heavy (non-hydrogen) atoms. The van der Waals surface area contributed by atoms with Gasteiger partial charge in [0.25, 0.3) is 5.69 Å². The molecule has 0 aromatic heterocycles. The molecule has 1 heterocycles. The van der Waals surface area contributed by atoms with Crippen LogP contribution < -0.4 is 4.90 Å². The van der Waals surface area contributed by atoms with Gasteiger partial charge in [-0.1, -0.05) is 0 Å². The summed E-state index contributed by atoms with van der Waals surface area (Å²) in [6.45, 7) is 1.53. The molecule has 0 amide bonds. The topological polar surface area (TPSA) is 55.6 Å². The van der Waals surface area contributed by atoms with Gasteiger partial charge in [-0.15, -0.1) is 11.6 Å². The fourth-order valence-corrected chi connectivity index (χ4v) is 3.51. The Morgan fingerprint density at radius 3 is 3.05 bits per heavy atom. The Morgan fingerprint density at radius 2 is 2.30 bits per heavy atom. The molecule has 2 aliphatic rings. The second kappa shape index (κ2) is 5.58. The second-order valence-electron chi connectivity index (χ2n) is 5.30. The summed E-state index contributed by atoms with van der Waals surface area (Å²) in [5, 5.41) is 10.9. The van der Waals surface area contributed by atoms with E-state index in [-0.39, 0.29) is 16.5 Å². The third-order valence-corrected chi connectivity index (χ3v) is 4.50. The smallest absolute Gasteiger partial charge is 0.269 e. The van der Waals surface area contributed by atoms with Crippen molar-refractivity contribution < 1.29 is 9.66 Å². The van der Waals surface area contributed by atoms with Gasteiger partial charge in [-0.25, -0.2) is 0 Å². The van der Waals surface area contributed by atoms with Crippen LogP contribution in [0.3, 0.4) is 0 Å². The third kappa shape index (κ3) is 2.36. The number of fused-ring (bicyclic) bond motifs is 1. The number of alkyl halides is 1. The predicted molar refractivity (Wildman–Crippen MR) is 77.4 cm³/mol. The van der Waals surface area contributed by atoms with E-state index in [1.807, 2.05) is 6.07 Å². The molecule has 0 radical (unpaired) electrons. The van der Waals surface area contributed by atoms with Crippen molar-refractivity contribution in [3.63, 3.8) is 0 Å². The first-order valence-corrected chi connectivity index (χ1v) is 7.45. The van der Waals surface area contributed by atoms with Gasteiger partial charge >= 0.3 is 0 Å². The molecule has 1 aliphatic heterocycles. The zero-order valence-electron chi connectivity index (χ0n) is 11.1. The van der Waals surface area contributed by atoms with Crippen LogP contribution in [-0.4, -0.2) is 30.2 Å². The summed E-state index contributed by atoms with van der Waals surface area (Å²) in [6, 6.07) is 5.36. The monoisotopic (exact) mass is 296 g/mol.